The SMILES string of the molecule is CCC1(C)Sc2cc(N)ccc2N(C)C1=O. The van der Waals surface area contributed by atoms with Gasteiger partial charge in [0.2, 0.25) is 5.91 Å². The molecule has 1 aromatic rings. The van der Waals surface area contributed by atoms with Crippen LogP contribution in [0.4, 0.5) is 11.4 Å². The lowest BCUT2D eigenvalue weighted by Gasteiger charge is -2.37. The van der Waals surface area contributed by atoms with Gasteiger partial charge in [0.15, 0.2) is 0 Å². The number of anilines is 2. The smallest absolute Gasteiger partial charge is 0.243 e. The van der Waals surface area contributed by atoms with Gasteiger partial charge in [-0.2, -0.15) is 0 Å². The molecule has 16 heavy (non-hydrogen) atoms. The van der Waals surface area contributed by atoms with Crippen LogP contribution in [-0.2, 0) is 4.79 Å². The van der Waals surface area contributed by atoms with E-state index in [-0.39, 0.29) is 10.7 Å². The van der Waals surface area contributed by atoms with Crippen LogP contribution in [0.15, 0.2) is 23.1 Å². The van der Waals surface area contributed by atoms with Crippen molar-refractivity contribution < 1.29 is 4.79 Å². The molecule has 1 heterocycles. The second-order valence-electron chi connectivity index (χ2n) is 4.28. The van der Waals surface area contributed by atoms with Crippen molar-refractivity contribution in [1.82, 2.24) is 0 Å². The molecule has 2 rings (SSSR count). The molecule has 0 aromatic heterocycles. The molecular weight excluding hydrogens is 220 g/mol. The van der Waals surface area contributed by atoms with Crippen LogP contribution in [0, 0.1) is 0 Å². The maximum absolute atomic E-state index is 12.2. The maximum Gasteiger partial charge on any atom is 0.243 e. The van der Waals surface area contributed by atoms with Crippen LogP contribution >= 0.6 is 11.8 Å². The molecule has 0 fully saturated rings. The van der Waals surface area contributed by atoms with E-state index >= 15 is 0 Å². The molecule has 0 spiro atoms. The third-order valence-corrected chi connectivity index (χ3v) is 4.57. The number of fused-ring (bicyclic) bond motifs is 1. The number of hydrogen-bond donors (Lipinski definition) is 1. The summed E-state index contributed by atoms with van der Waals surface area (Å²) in [5.41, 5.74) is 7.47. The Morgan fingerprint density at radius 1 is 1.50 bits per heavy atom. The van der Waals surface area contributed by atoms with E-state index in [0.29, 0.717) is 0 Å². The lowest BCUT2D eigenvalue weighted by molar-refractivity contribution is -0.120. The summed E-state index contributed by atoms with van der Waals surface area (Å²) in [6.45, 7) is 4.03. The second kappa shape index (κ2) is 3.70. The molecule has 0 radical (unpaired) electrons. The Hall–Kier alpha value is -1.16. The van der Waals surface area contributed by atoms with Gasteiger partial charge >= 0.3 is 0 Å². The minimum atomic E-state index is -0.366. The number of nitrogens with two attached hydrogens (primary N) is 1. The third-order valence-electron chi connectivity index (χ3n) is 3.11. The molecule has 1 aromatic carbocycles. The first-order valence-corrected chi connectivity index (χ1v) is 6.16. The standard InChI is InChI=1S/C12H16N2OS/c1-4-12(2)11(15)14(3)9-6-5-8(13)7-10(9)16-12/h5-7H,4,13H2,1-3H3. The summed E-state index contributed by atoms with van der Waals surface area (Å²) in [7, 11) is 1.82. The summed E-state index contributed by atoms with van der Waals surface area (Å²) in [6, 6.07) is 5.68. The van der Waals surface area contributed by atoms with E-state index in [2.05, 4.69) is 0 Å². The monoisotopic (exact) mass is 236 g/mol. The Morgan fingerprint density at radius 3 is 2.81 bits per heavy atom. The summed E-state index contributed by atoms with van der Waals surface area (Å²) in [5, 5.41) is 0. The number of nitrogen functional groups attached to an aromatic ring is 1. The Labute approximate surface area is 100.0 Å². The van der Waals surface area contributed by atoms with Gasteiger partial charge in [-0.1, -0.05) is 6.92 Å². The first-order chi connectivity index (χ1) is 7.48. The van der Waals surface area contributed by atoms with E-state index in [1.54, 1.807) is 16.7 Å². The van der Waals surface area contributed by atoms with E-state index in [1.807, 2.05) is 39.1 Å². The summed E-state index contributed by atoms with van der Waals surface area (Å²) < 4.78 is -0.366. The van der Waals surface area contributed by atoms with E-state index in [4.69, 9.17) is 5.73 Å². The van der Waals surface area contributed by atoms with E-state index in [0.717, 1.165) is 22.7 Å². The first kappa shape index (κ1) is 11.3. The average molecular weight is 236 g/mol. The zero-order valence-electron chi connectivity index (χ0n) is 9.78. The topological polar surface area (TPSA) is 46.3 Å². The fourth-order valence-electron chi connectivity index (χ4n) is 1.86. The molecule has 0 aliphatic carbocycles. The molecule has 86 valence electrons. The minimum Gasteiger partial charge on any atom is -0.399 e. The average Bonchev–Trinajstić information content (AvgIpc) is 2.26. The Balaban J connectivity index is 2.53. The van der Waals surface area contributed by atoms with Crippen molar-refractivity contribution in [1.29, 1.82) is 0 Å². The largest absolute Gasteiger partial charge is 0.399 e. The van der Waals surface area contributed by atoms with Crippen LogP contribution in [0.2, 0.25) is 0 Å². The Kier molecular flexibility index (Phi) is 2.62. The van der Waals surface area contributed by atoms with Crippen molar-refractivity contribution in [3.05, 3.63) is 18.2 Å². The molecule has 0 saturated carbocycles. The van der Waals surface area contributed by atoms with Gasteiger partial charge in [0.05, 0.1) is 10.4 Å². The number of carbonyl (C=O) groups excluding carboxylic acids is 1. The van der Waals surface area contributed by atoms with Crippen molar-refractivity contribution in [2.45, 2.75) is 29.9 Å². The number of amides is 1. The van der Waals surface area contributed by atoms with E-state index in [1.165, 1.54) is 0 Å². The van der Waals surface area contributed by atoms with Gasteiger partial charge < -0.3 is 10.6 Å². The zero-order valence-corrected chi connectivity index (χ0v) is 10.6. The lowest BCUT2D eigenvalue weighted by atomic mass is 10.1. The van der Waals surface area contributed by atoms with E-state index < -0.39 is 0 Å². The fraction of sp³-hybridized carbons (Fsp3) is 0.417. The van der Waals surface area contributed by atoms with Crippen LogP contribution in [0.5, 0.6) is 0 Å². The number of nitrogens with zero attached hydrogens (tertiary/aromatic N) is 1. The second-order valence-corrected chi connectivity index (χ2v) is 5.82. The lowest BCUT2D eigenvalue weighted by Crippen LogP contribution is -2.45. The molecule has 3 nitrogen and oxygen atoms in total. The van der Waals surface area contributed by atoms with Crippen LogP contribution in [0.25, 0.3) is 0 Å². The molecule has 0 bridgehead atoms. The number of hydrogen-bond acceptors (Lipinski definition) is 3. The van der Waals surface area contributed by atoms with Gasteiger partial charge in [-0.05, 0) is 31.5 Å². The molecule has 1 unspecified atom stereocenters. The first-order valence-electron chi connectivity index (χ1n) is 5.34. The summed E-state index contributed by atoms with van der Waals surface area (Å²) in [5.74, 6) is 0.164. The van der Waals surface area contributed by atoms with Crippen molar-refractivity contribution in [3.63, 3.8) is 0 Å². The summed E-state index contributed by atoms with van der Waals surface area (Å²) in [6.07, 6.45) is 0.815. The quantitative estimate of drug-likeness (QED) is 0.762. The minimum absolute atomic E-state index is 0.164. The van der Waals surface area contributed by atoms with Crippen LogP contribution < -0.4 is 10.6 Å². The molecule has 1 atom stereocenters. The third kappa shape index (κ3) is 1.57. The van der Waals surface area contributed by atoms with Gasteiger partial charge in [-0.15, -0.1) is 11.8 Å². The predicted molar refractivity (Wildman–Crippen MR) is 68.8 cm³/mol. The maximum atomic E-state index is 12.2. The van der Waals surface area contributed by atoms with Gasteiger partial charge in [-0.25, -0.2) is 0 Å². The van der Waals surface area contributed by atoms with Gasteiger partial charge in [0.1, 0.15) is 0 Å². The highest BCUT2D eigenvalue weighted by molar-refractivity contribution is 8.01. The molecule has 1 amide bonds. The number of benzene rings is 1. The van der Waals surface area contributed by atoms with Crippen LogP contribution in [0.1, 0.15) is 20.3 Å². The predicted octanol–water partition coefficient (Wildman–Crippen LogP) is 2.51. The molecule has 1 aliphatic heterocycles. The molecule has 4 heteroatoms. The van der Waals surface area contributed by atoms with Crippen LogP contribution in [0.3, 0.4) is 0 Å². The van der Waals surface area contributed by atoms with Gasteiger partial charge in [0, 0.05) is 17.6 Å². The molecule has 0 saturated heterocycles. The normalized spacial score (nSPS) is 24.4. The fourth-order valence-corrected chi connectivity index (χ4v) is 3.22. The zero-order chi connectivity index (χ0) is 11.9. The molecule has 1 aliphatic rings. The Bertz CT molecular complexity index is 447. The van der Waals surface area contributed by atoms with Crippen molar-refractivity contribution in [3.8, 4) is 0 Å². The number of rotatable bonds is 1. The van der Waals surface area contributed by atoms with Gasteiger partial charge in [-0.3, -0.25) is 4.79 Å². The van der Waals surface area contributed by atoms with Crippen molar-refractivity contribution in [2.75, 3.05) is 17.7 Å². The number of carbonyl (C=O) groups is 1. The number of thioether (sulfide) groups is 1. The highest BCUT2D eigenvalue weighted by Crippen LogP contribution is 2.46. The van der Waals surface area contributed by atoms with Crippen LogP contribution in [-0.4, -0.2) is 17.7 Å². The highest BCUT2D eigenvalue weighted by Gasteiger charge is 2.40. The van der Waals surface area contributed by atoms with E-state index in [9.17, 15) is 4.79 Å². The summed E-state index contributed by atoms with van der Waals surface area (Å²) >= 11 is 1.61. The molecule has 2 N–H and O–H groups in total. The highest BCUT2D eigenvalue weighted by atomic mass is 32.2. The van der Waals surface area contributed by atoms with Crippen molar-refractivity contribution >= 4 is 29.0 Å². The molecular formula is C12H16N2OS. The summed E-state index contributed by atoms with van der Waals surface area (Å²) in [4.78, 5) is 15.0. The van der Waals surface area contributed by atoms with Crippen molar-refractivity contribution in [2.24, 2.45) is 0 Å². The van der Waals surface area contributed by atoms with Gasteiger partial charge in [0.25, 0.3) is 0 Å². The Morgan fingerprint density at radius 2 is 2.19 bits per heavy atom.